The van der Waals surface area contributed by atoms with Crippen LogP contribution in [0.3, 0.4) is 0 Å². The fraction of sp³-hybridized carbons (Fsp3) is 0.615. The molecule has 1 saturated carbocycles. The Kier molecular flexibility index (Phi) is 7.80. The number of nitrogens with one attached hydrogen (secondary N) is 1. The molecule has 0 aromatic rings. The third kappa shape index (κ3) is 4.48. The zero-order valence-electron chi connectivity index (χ0n) is 21.6. The molecular weight excluding hydrogens is 466 g/mol. The van der Waals surface area contributed by atoms with Crippen LogP contribution in [0.4, 0.5) is 0 Å². The third-order valence-electron chi connectivity index (χ3n) is 8.19. The topological polar surface area (TPSA) is 162 Å². The van der Waals surface area contributed by atoms with Gasteiger partial charge in [-0.15, -0.1) is 0 Å². The lowest BCUT2D eigenvalue weighted by Gasteiger charge is -2.54. The van der Waals surface area contributed by atoms with Crippen molar-refractivity contribution in [1.82, 2.24) is 16.4 Å². The number of amides is 1. The summed E-state index contributed by atoms with van der Waals surface area (Å²) in [5.41, 5.74) is -2.61. The minimum absolute atomic E-state index is 0. The maximum atomic E-state index is 13.6. The van der Waals surface area contributed by atoms with Gasteiger partial charge in [0, 0.05) is 44.6 Å². The SMILES string of the molecule is CC(=O)O[C@]12CCC(C(=O)N3CCNCC3)=CC[C@]13CC[C@H]2[C@@](C)(/C=C/C=C(\C)C(=O)[O-])OC3=O.[NH4+]. The van der Waals surface area contributed by atoms with Crippen molar-refractivity contribution in [2.24, 2.45) is 11.3 Å². The molecule has 4 aliphatic rings. The van der Waals surface area contributed by atoms with Gasteiger partial charge in [-0.05, 0) is 57.6 Å². The van der Waals surface area contributed by atoms with Gasteiger partial charge in [0.05, 0.1) is 5.97 Å². The van der Waals surface area contributed by atoms with Crippen LogP contribution in [0.15, 0.2) is 35.5 Å². The molecular formula is C26H37N3O7. The van der Waals surface area contributed by atoms with Crippen LogP contribution in [-0.4, -0.2) is 66.1 Å². The predicted molar refractivity (Wildman–Crippen MR) is 129 cm³/mol. The molecule has 2 bridgehead atoms. The van der Waals surface area contributed by atoms with Gasteiger partial charge in [-0.25, -0.2) is 0 Å². The van der Waals surface area contributed by atoms with Crippen LogP contribution < -0.4 is 16.6 Å². The standard InChI is InChI=1S/C26H34N2O7.H3N/c1-17(22(31)32)5-4-9-24(3)20-8-11-25(23(33)35-24)10-6-19(7-12-26(20,25)34-18(2)29)21(30)28-15-13-27-14-16-28;/h4-6,9,20,27H,7-8,10-16H2,1-3H3,(H,31,32);1H3/b9-4+,17-5+;/t20-,24+,25+,26-;/m0./s1. The molecule has 3 fully saturated rings. The molecule has 0 aromatic carbocycles. The van der Waals surface area contributed by atoms with Crippen molar-refractivity contribution in [3.05, 3.63) is 35.5 Å². The highest BCUT2D eigenvalue weighted by Crippen LogP contribution is 2.65. The maximum Gasteiger partial charge on any atom is 0.317 e. The normalized spacial score (nSPS) is 34.1. The number of rotatable bonds is 5. The second-order valence-electron chi connectivity index (χ2n) is 10.2. The number of allylic oxidation sites excluding steroid dienone is 3. The summed E-state index contributed by atoms with van der Waals surface area (Å²) in [6.45, 7) is 7.26. The molecule has 2 aliphatic carbocycles. The van der Waals surface area contributed by atoms with Crippen LogP contribution in [0.25, 0.3) is 0 Å². The van der Waals surface area contributed by atoms with Crippen molar-refractivity contribution < 1.29 is 33.8 Å². The lowest BCUT2D eigenvalue weighted by Crippen LogP contribution is -2.65. The molecule has 4 atom stereocenters. The number of ether oxygens (including phenoxy) is 2. The molecule has 0 unspecified atom stereocenters. The molecule has 4 rings (SSSR count). The Labute approximate surface area is 211 Å². The number of esters is 2. The van der Waals surface area contributed by atoms with Crippen LogP contribution in [0.1, 0.15) is 52.9 Å². The highest BCUT2D eigenvalue weighted by molar-refractivity contribution is 5.94. The number of cyclic esters (lactones) is 1. The fourth-order valence-corrected chi connectivity index (χ4v) is 6.40. The van der Waals surface area contributed by atoms with Crippen molar-refractivity contribution in [1.29, 1.82) is 0 Å². The van der Waals surface area contributed by atoms with Gasteiger partial charge in [0.1, 0.15) is 16.6 Å². The summed E-state index contributed by atoms with van der Waals surface area (Å²) in [5, 5.41) is 14.3. The van der Waals surface area contributed by atoms with E-state index in [-0.39, 0.29) is 30.0 Å². The molecule has 2 heterocycles. The molecule has 2 saturated heterocycles. The summed E-state index contributed by atoms with van der Waals surface area (Å²) in [4.78, 5) is 52.1. The molecule has 0 aromatic heterocycles. The smallest absolute Gasteiger partial charge is 0.317 e. The fourth-order valence-electron chi connectivity index (χ4n) is 6.40. The van der Waals surface area contributed by atoms with E-state index in [1.54, 1.807) is 19.1 Å². The van der Waals surface area contributed by atoms with E-state index in [9.17, 15) is 24.3 Å². The summed E-state index contributed by atoms with van der Waals surface area (Å²) in [6, 6.07) is 0. The Morgan fingerprint density at radius 1 is 1.22 bits per heavy atom. The van der Waals surface area contributed by atoms with Gasteiger partial charge in [0.15, 0.2) is 0 Å². The third-order valence-corrected chi connectivity index (χ3v) is 8.19. The van der Waals surface area contributed by atoms with E-state index in [0.29, 0.717) is 44.3 Å². The first-order valence-electron chi connectivity index (χ1n) is 12.2. The summed E-state index contributed by atoms with van der Waals surface area (Å²) >= 11 is 0. The van der Waals surface area contributed by atoms with Gasteiger partial charge >= 0.3 is 11.9 Å². The molecule has 5 N–H and O–H groups in total. The number of aliphatic carboxylic acids is 1. The van der Waals surface area contributed by atoms with Crippen molar-refractivity contribution >= 4 is 23.8 Å². The Morgan fingerprint density at radius 2 is 1.92 bits per heavy atom. The molecule has 0 radical (unpaired) electrons. The van der Waals surface area contributed by atoms with E-state index in [4.69, 9.17) is 9.47 Å². The minimum Gasteiger partial charge on any atom is -0.545 e. The second kappa shape index (κ2) is 10.2. The van der Waals surface area contributed by atoms with Gasteiger partial charge in [-0.3, -0.25) is 14.4 Å². The highest BCUT2D eigenvalue weighted by atomic mass is 16.6. The van der Waals surface area contributed by atoms with Crippen LogP contribution >= 0.6 is 0 Å². The molecule has 0 spiro atoms. The van der Waals surface area contributed by atoms with Crippen molar-refractivity contribution in [3.63, 3.8) is 0 Å². The summed E-state index contributed by atoms with van der Waals surface area (Å²) in [5.74, 6) is -2.59. The lowest BCUT2D eigenvalue weighted by atomic mass is 9.62. The van der Waals surface area contributed by atoms with E-state index in [2.05, 4.69) is 5.32 Å². The average molecular weight is 504 g/mol. The first-order chi connectivity index (χ1) is 16.5. The van der Waals surface area contributed by atoms with Crippen LogP contribution in [0, 0.1) is 11.3 Å². The van der Waals surface area contributed by atoms with Gasteiger partial charge < -0.3 is 35.7 Å². The van der Waals surface area contributed by atoms with Crippen LogP contribution in [-0.2, 0) is 28.7 Å². The number of hydrogen-bond donors (Lipinski definition) is 2. The highest BCUT2D eigenvalue weighted by Gasteiger charge is 2.74. The number of piperazine rings is 1. The number of carbonyl (C=O) groups excluding carboxylic acids is 4. The molecule has 36 heavy (non-hydrogen) atoms. The van der Waals surface area contributed by atoms with Gasteiger partial charge in [0.2, 0.25) is 5.91 Å². The molecule has 10 nitrogen and oxygen atoms in total. The van der Waals surface area contributed by atoms with Gasteiger partial charge in [-0.1, -0.05) is 18.2 Å². The average Bonchev–Trinajstić information content (AvgIpc) is 2.96. The number of carboxylic acid groups (broad SMARTS) is 1. The van der Waals surface area contributed by atoms with Gasteiger partial charge in [-0.2, -0.15) is 0 Å². The lowest BCUT2D eigenvalue weighted by molar-refractivity contribution is -0.299. The van der Waals surface area contributed by atoms with Crippen molar-refractivity contribution in [2.45, 2.75) is 64.1 Å². The molecule has 2 aliphatic heterocycles. The number of quaternary nitrogens is 1. The van der Waals surface area contributed by atoms with Crippen LogP contribution in [0.2, 0.25) is 0 Å². The van der Waals surface area contributed by atoms with Gasteiger partial charge in [0.25, 0.3) is 0 Å². The zero-order valence-corrected chi connectivity index (χ0v) is 21.6. The first-order valence-corrected chi connectivity index (χ1v) is 12.2. The summed E-state index contributed by atoms with van der Waals surface area (Å²) in [6.07, 6.45) is 8.52. The number of carboxylic acids is 1. The second-order valence-corrected chi connectivity index (χ2v) is 10.2. The van der Waals surface area contributed by atoms with E-state index in [1.807, 2.05) is 11.0 Å². The zero-order chi connectivity index (χ0) is 25.4. The largest absolute Gasteiger partial charge is 0.545 e. The predicted octanol–water partition coefficient (Wildman–Crippen LogP) is 1.17. The van der Waals surface area contributed by atoms with E-state index >= 15 is 0 Å². The maximum absolute atomic E-state index is 13.6. The monoisotopic (exact) mass is 503 g/mol. The Bertz CT molecular complexity index is 1030. The van der Waals surface area contributed by atoms with Crippen LogP contribution in [0.5, 0.6) is 0 Å². The number of carbonyl (C=O) groups is 4. The van der Waals surface area contributed by atoms with Crippen molar-refractivity contribution in [3.8, 4) is 0 Å². The number of nitrogens with zero attached hydrogens (tertiary/aromatic N) is 1. The molecule has 10 heteroatoms. The van der Waals surface area contributed by atoms with E-state index in [0.717, 1.165) is 13.1 Å². The molecule has 198 valence electrons. The Balaban J connectivity index is 0.00000361. The number of hydrogen-bond acceptors (Lipinski definition) is 8. The minimum atomic E-state index is -1.28. The van der Waals surface area contributed by atoms with E-state index < -0.39 is 34.5 Å². The summed E-state index contributed by atoms with van der Waals surface area (Å²) in [7, 11) is 0. The summed E-state index contributed by atoms with van der Waals surface area (Å²) < 4.78 is 12.1. The Morgan fingerprint density at radius 3 is 2.56 bits per heavy atom. The Hall–Kier alpha value is -2.98. The molecule has 1 amide bonds. The van der Waals surface area contributed by atoms with Crippen molar-refractivity contribution in [2.75, 3.05) is 26.2 Å². The quantitative estimate of drug-likeness (QED) is 0.321. The first kappa shape index (κ1) is 27.6. The van der Waals surface area contributed by atoms with E-state index in [1.165, 1.54) is 19.9 Å².